The summed E-state index contributed by atoms with van der Waals surface area (Å²) in [5, 5.41) is 8.98. The molecule has 0 aliphatic rings. The number of aromatic nitrogens is 1. The van der Waals surface area contributed by atoms with Gasteiger partial charge >= 0.3 is 0 Å². The van der Waals surface area contributed by atoms with Crippen LogP contribution in [-0.2, 0) is 13.0 Å². The number of hydrogen-bond donors (Lipinski definition) is 1. The summed E-state index contributed by atoms with van der Waals surface area (Å²) >= 11 is 0. The van der Waals surface area contributed by atoms with Crippen LogP contribution in [0.5, 0.6) is 5.75 Å². The highest BCUT2D eigenvalue weighted by Crippen LogP contribution is 2.21. The topological polar surface area (TPSA) is 64.0 Å². The molecular formula is C16H19N3O. The van der Waals surface area contributed by atoms with Gasteiger partial charge in [0.25, 0.3) is 0 Å². The van der Waals surface area contributed by atoms with Gasteiger partial charge in [0.05, 0.1) is 25.3 Å². The third-order valence-electron chi connectivity index (χ3n) is 3.13. The van der Waals surface area contributed by atoms with Gasteiger partial charge < -0.3 is 15.0 Å². The van der Waals surface area contributed by atoms with Crippen molar-refractivity contribution in [2.24, 2.45) is 5.73 Å². The van der Waals surface area contributed by atoms with Crippen molar-refractivity contribution in [2.45, 2.75) is 25.9 Å². The molecule has 2 rings (SSSR count). The maximum atomic E-state index is 8.98. The van der Waals surface area contributed by atoms with Crippen molar-refractivity contribution >= 4 is 0 Å². The van der Waals surface area contributed by atoms with Crippen molar-refractivity contribution in [2.75, 3.05) is 7.11 Å². The lowest BCUT2D eigenvalue weighted by Crippen LogP contribution is -2.17. The van der Waals surface area contributed by atoms with Crippen LogP contribution in [0.2, 0.25) is 0 Å². The zero-order valence-electron chi connectivity index (χ0n) is 11.8. The SMILES string of the molecule is COc1ccc(C#N)cc1Cn1ccc(CC(C)N)c1. The molecule has 0 amide bonds. The number of nitriles is 1. The minimum atomic E-state index is 0.155. The van der Waals surface area contributed by atoms with Crippen LogP contribution >= 0.6 is 0 Å². The quantitative estimate of drug-likeness (QED) is 0.906. The molecule has 104 valence electrons. The molecule has 20 heavy (non-hydrogen) atoms. The number of rotatable bonds is 5. The van der Waals surface area contributed by atoms with Crippen molar-refractivity contribution in [1.29, 1.82) is 5.26 Å². The fourth-order valence-electron chi connectivity index (χ4n) is 2.25. The second-order valence-electron chi connectivity index (χ2n) is 5.01. The molecule has 2 N–H and O–H groups in total. The molecular weight excluding hydrogens is 250 g/mol. The van der Waals surface area contributed by atoms with Gasteiger partial charge in [-0.1, -0.05) is 0 Å². The molecule has 1 aromatic carbocycles. The number of ether oxygens (including phenoxy) is 1. The fourth-order valence-corrected chi connectivity index (χ4v) is 2.25. The highest BCUT2D eigenvalue weighted by Gasteiger charge is 2.06. The molecule has 0 bridgehead atoms. The first kappa shape index (κ1) is 14.2. The van der Waals surface area contributed by atoms with E-state index in [9.17, 15) is 0 Å². The van der Waals surface area contributed by atoms with E-state index in [2.05, 4.69) is 22.9 Å². The lowest BCUT2D eigenvalue weighted by Gasteiger charge is -2.10. The summed E-state index contributed by atoms with van der Waals surface area (Å²) in [6.07, 6.45) is 4.97. The van der Waals surface area contributed by atoms with Gasteiger partial charge in [0.1, 0.15) is 5.75 Å². The van der Waals surface area contributed by atoms with E-state index >= 15 is 0 Å². The fraction of sp³-hybridized carbons (Fsp3) is 0.312. The molecule has 0 aliphatic carbocycles. The first-order valence-corrected chi connectivity index (χ1v) is 6.59. The molecule has 0 saturated carbocycles. The van der Waals surface area contributed by atoms with Crippen molar-refractivity contribution in [3.63, 3.8) is 0 Å². The van der Waals surface area contributed by atoms with Crippen molar-refractivity contribution in [3.8, 4) is 11.8 Å². The molecule has 1 atom stereocenters. The molecule has 4 nitrogen and oxygen atoms in total. The average molecular weight is 269 g/mol. The highest BCUT2D eigenvalue weighted by atomic mass is 16.5. The number of nitrogens with two attached hydrogens (primary N) is 1. The van der Waals surface area contributed by atoms with Crippen LogP contribution in [0.4, 0.5) is 0 Å². The van der Waals surface area contributed by atoms with Gasteiger partial charge in [0.15, 0.2) is 0 Å². The number of nitrogens with zero attached hydrogens (tertiary/aromatic N) is 2. The van der Waals surface area contributed by atoms with Crippen LogP contribution in [0.25, 0.3) is 0 Å². The van der Waals surface area contributed by atoms with Crippen LogP contribution < -0.4 is 10.5 Å². The van der Waals surface area contributed by atoms with Crippen LogP contribution in [-0.4, -0.2) is 17.7 Å². The third kappa shape index (κ3) is 3.40. The Bertz CT molecular complexity index is 623. The second-order valence-corrected chi connectivity index (χ2v) is 5.01. The Balaban J connectivity index is 2.21. The van der Waals surface area contributed by atoms with Gasteiger partial charge in [0.2, 0.25) is 0 Å². The molecule has 0 spiro atoms. The van der Waals surface area contributed by atoms with E-state index in [0.29, 0.717) is 12.1 Å². The zero-order chi connectivity index (χ0) is 14.5. The van der Waals surface area contributed by atoms with Gasteiger partial charge in [0, 0.05) is 24.0 Å². The summed E-state index contributed by atoms with van der Waals surface area (Å²) in [6.45, 7) is 2.68. The third-order valence-corrected chi connectivity index (χ3v) is 3.13. The van der Waals surface area contributed by atoms with E-state index in [-0.39, 0.29) is 6.04 Å². The van der Waals surface area contributed by atoms with E-state index < -0.39 is 0 Å². The number of methoxy groups -OCH3 is 1. The standard InChI is InChI=1S/C16H19N3O/c1-12(18)7-14-5-6-19(10-14)11-15-8-13(9-17)3-4-16(15)20-2/h3-6,8,10,12H,7,11,18H2,1-2H3. The molecule has 1 heterocycles. The number of hydrogen-bond acceptors (Lipinski definition) is 3. The van der Waals surface area contributed by atoms with Crippen molar-refractivity contribution in [1.82, 2.24) is 4.57 Å². The smallest absolute Gasteiger partial charge is 0.123 e. The lowest BCUT2D eigenvalue weighted by molar-refractivity contribution is 0.408. The molecule has 4 heteroatoms. The molecule has 0 aliphatic heterocycles. The average Bonchev–Trinajstić information content (AvgIpc) is 2.85. The minimum Gasteiger partial charge on any atom is -0.496 e. The van der Waals surface area contributed by atoms with Crippen molar-refractivity contribution < 1.29 is 4.74 Å². The Hall–Kier alpha value is -2.25. The van der Waals surface area contributed by atoms with Crippen LogP contribution in [0.3, 0.4) is 0 Å². The van der Waals surface area contributed by atoms with E-state index in [1.807, 2.05) is 25.3 Å². The monoisotopic (exact) mass is 269 g/mol. The second kappa shape index (κ2) is 6.27. The van der Waals surface area contributed by atoms with Crippen LogP contribution in [0.15, 0.2) is 36.7 Å². The molecule has 2 aromatic rings. The van der Waals surface area contributed by atoms with Crippen molar-refractivity contribution in [3.05, 3.63) is 53.3 Å². The summed E-state index contributed by atoms with van der Waals surface area (Å²) < 4.78 is 7.43. The first-order chi connectivity index (χ1) is 9.62. The molecule has 1 aromatic heterocycles. The summed E-state index contributed by atoms with van der Waals surface area (Å²) in [7, 11) is 1.64. The largest absolute Gasteiger partial charge is 0.496 e. The highest BCUT2D eigenvalue weighted by molar-refractivity contribution is 5.42. The predicted octanol–water partition coefficient (Wildman–Crippen LogP) is 2.31. The van der Waals surface area contributed by atoms with Crippen LogP contribution in [0, 0.1) is 11.3 Å². The summed E-state index contributed by atoms with van der Waals surface area (Å²) in [4.78, 5) is 0. The number of benzene rings is 1. The maximum Gasteiger partial charge on any atom is 0.123 e. The van der Waals surface area contributed by atoms with Gasteiger partial charge in [-0.15, -0.1) is 0 Å². The van der Waals surface area contributed by atoms with Gasteiger partial charge in [-0.05, 0) is 43.2 Å². The first-order valence-electron chi connectivity index (χ1n) is 6.59. The van der Waals surface area contributed by atoms with Gasteiger partial charge in [-0.2, -0.15) is 5.26 Å². The molecule has 1 unspecified atom stereocenters. The normalized spacial score (nSPS) is 11.9. The summed E-state index contributed by atoms with van der Waals surface area (Å²) in [5.41, 5.74) is 8.66. The van der Waals surface area contributed by atoms with Gasteiger partial charge in [-0.25, -0.2) is 0 Å². The predicted molar refractivity (Wildman–Crippen MR) is 78.6 cm³/mol. The lowest BCUT2D eigenvalue weighted by atomic mass is 10.1. The van der Waals surface area contributed by atoms with E-state index in [1.54, 1.807) is 13.2 Å². The Labute approximate surface area is 119 Å². The van der Waals surface area contributed by atoms with Gasteiger partial charge in [-0.3, -0.25) is 0 Å². The molecule has 0 saturated heterocycles. The van der Waals surface area contributed by atoms with Crippen LogP contribution in [0.1, 0.15) is 23.6 Å². The minimum absolute atomic E-state index is 0.155. The molecule has 0 fully saturated rings. The van der Waals surface area contributed by atoms with E-state index in [4.69, 9.17) is 15.7 Å². The van der Waals surface area contributed by atoms with E-state index in [0.717, 1.165) is 17.7 Å². The Morgan fingerprint density at radius 2 is 2.20 bits per heavy atom. The molecule has 0 radical (unpaired) electrons. The Kier molecular flexibility index (Phi) is 4.44. The Morgan fingerprint density at radius 1 is 1.40 bits per heavy atom. The Morgan fingerprint density at radius 3 is 2.85 bits per heavy atom. The zero-order valence-corrected chi connectivity index (χ0v) is 11.8. The summed E-state index contributed by atoms with van der Waals surface area (Å²) in [5.74, 6) is 0.798. The summed E-state index contributed by atoms with van der Waals surface area (Å²) in [6, 6.07) is 9.84. The maximum absolute atomic E-state index is 8.98. The van der Waals surface area contributed by atoms with E-state index in [1.165, 1.54) is 5.56 Å².